The Kier molecular flexibility index (Phi) is 7.91. The maximum absolute atomic E-state index is 13.0. The first kappa shape index (κ1) is 24.2. The number of nitrogens with two attached hydrogens (primary N) is 2. The third-order valence-electron chi connectivity index (χ3n) is 5.53. The van der Waals surface area contributed by atoms with Crippen LogP contribution in [-0.4, -0.2) is 18.4 Å². The van der Waals surface area contributed by atoms with E-state index < -0.39 is 29.1 Å². The van der Waals surface area contributed by atoms with Crippen LogP contribution in [0.25, 0.3) is 0 Å². The highest BCUT2D eigenvalue weighted by Crippen LogP contribution is 2.39. The van der Waals surface area contributed by atoms with E-state index >= 15 is 0 Å². The van der Waals surface area contributed by atoms with Gasteiger partial charge in [0.15, 0.2) is 0 Å². The van der Waals surface area contributed by atoms with Crippen LogP contribution in [0.15, 0.2) is 24.3 Å². The number of primary amides is 1. The molecule has 158 valence electrons. The molecule has 0 radical (unpaired) electrons. The van der Waals surface area contributed by atoms with E-state index in [4.69, 9.17) is 11.5 Å². The molecule has 0 bridgehead atoms. The molecule has 0 spiro atoms. The van der Waals surface area contributed by atoms with Gasteiger partial charge in [0, 0.05) is 6.42 Å². The summed E-state index contributed by atoms with van der Waals surface area (Å²) in [6.45, 7) is 1.66. The monoisotopic (exact) mass is 421 g/mol. The zero-order valence-corrected chi connectivity index (χ0v) is 16.6. The lowest BCUT2D eigenvalue weighted by Gasteiger charge is -2.37. The van der Waals surface area contributed by atoms with Crippen LogP contribution in [0.3, 0.4) is 0 Å². The average molecular weight is 422 g/mol. The van der Waals surface area contributed by atoms with E-state index in [-0.39, 0.29) is 29.8 Å². The van der Waals surface area contributed by atoms with E-state index in [1.807, 2.05) is 0 Å². The molecule has 0 aliphatic heterocycles. The summed E-state index contributed by atoms with van der Waals surface area (Å²) >= 11 is 0. The van der Waals surface area contributed by atoms with Crippen molar-refractivity contribution in [3.63, 3.8) is 0 Å². The molecule has 0 saturated heterocycles. The normalized spacial score (nSPS) is 18.5. The molecule has 1 aromatic carbocycles. The maximum Gasteiger partial charge on any atom is 0.416 e. The fourth-order valence-corrected chi connectivity index (χ4v) is 3.70. The van der Waals surface area contributed by atoms with Crippen LogP contribution in [0.4, 0.5) is 13.2 Å². The fraction of sp³-hybridized carbons (Fsp3) is 0.579. The maximum atomic E-state index is 13.0. The minimum Gasteiger partial charge on any atom is -0.367 e. The number of nitrogens with one attached hydrogen (secondary N) is 1. The zero-order valence-electron chi connectivity index (χ0n) is 15.8. The van der Waals surface area contributed by atoms with Crippen molar-refractivity contribution in [2.24, 2.45) is 16.9 Å². The molecule has 2 amide bonds. The highest BCUT2D eigenvalue weighted by Gasteiger charge is 2.40. The quantitative estimate of drug-likeness (QED) is 0.657. The number of rotatable bonds is 6. The lowest BCUT2D eigenvalue weighted by Crippen LogP contribution is -2.54. The van der Waals surface area contributed by atoms with Crippen molar-refractivity contribution in [1.82, 2.24) is 5.32 Å². The minimum atomic E-state index is -4.57. The van der Waals surface area contributed by atoms with Gasteiger partial charge in [-0.1, -0.05) is 31.4 Å². The van der Waals surface area contributed by atoms with Crippen molar-refractivity contribution >= 4 is 24.2 Å². The van der Waals surface area contributed by atoms with Crippen molar-refractivity contribution in [3.8, 4) is 0 Å². The van der Waals surface area contributed by atoms with Crippen LogP contribution in [0.2, 0.25) is 0 Å². The molecule has 0 aromatic heterocycles. The van der Waals surface area contributed by atoms with E-state index in [9.17, 15) is 22.8 Å². The van der Waals surface area contributed by atoms with Gasteiger partial charge in [0.05, 0.1) is 5.56 Å². The van der Waals surface area contributed by atoms with Gasteiger partial charge in [0.2, 0.25) is 11.8 Å². The van der Waals surface area contributed by atoms with Gasteiger partial charge in [-0.15, -0.1) is 12.4 Å². The van der Waals surface area contributed by atoms with E-state index in [1.54, 1.807) is 0 Å². The van der Waals surface area contributed by atoms with Crippen molar-refractivity contribution in [2.75, 3.05) is 6.54 Å². The average Bonchev–Trinajstić information content (AvgIpc) is 2.61. The summed E-state index contributed by atoms with van der Waals surface area (Å²) in [6, 6.07) is 4.27. The molecule has 1 aliphatic rings. The summed E-state index contributed by atoms with van der Waals surface area (Å²) in [5.74, 6) is -1.37. The Bertz CT molecular complexity index is 706. The van der Waals surface area contributed by atoms with Crippen molar-refractivity contribution in [2.45, 2.75) is 57.2 Å². The molecule has 1 unspecified atom stereocenters. The molecular weight excluding hydrogens is 395 g/mol. The summed E-state index contributed by atoms with van der Waals surface area (Å²) < 4.78 is 39.0. The van der Waals surface area contributed by atoms with Crippen LogP contribution < -0.4 is 16.8 Å². The van der Waals surface area contributed by atoms with Gasteiger partial charge in [-0.3, -0.25) is 9.59 Å². The molecular formula is C19H27ClF3N3O2. The molecule has 2 rings (SSSR count). The first-order chi connectivity index (χ1) is 12.5. The fourth-order valence-electron chi connectivity index (χ4n) is 3.70. The second-order valence-corrected chi connectivity index (χ2v) is 7.56. The van der Waals surface area contributed by atoms with Gasteiger partial charge < -0.3 is 16.8 Å². The van der Waals surface area contributed by atoms with Gasteiger partial charge in [-0.05, 0) is 49.4 Å². The molecule has 9 heteroatoms. The zero-order chi connectivity index (χ0) is 20.3. The van der Waals surface area contributed by atoms with Gasteiger partial charge in [-0.2, -0.15) is 13.2 Å². The predicted octanol–water partition coefficient (Wildman–Crippen LogP) is 3.24. The Labute approximate surface area is 168 Å². The van der Waals surface area contributed by atoms with Crippen LogP contribution in [0, 0.1) is 5.41 Å². The summed E-state index contributed by atoms with van der Waals surface area (Å²) in [5.41, 5.74) is 8.34. The van der Waals surface area contributed by atoms with Gasteiger partial charge in [0.25, 0.3) is 0 Å². The second kappa shape index (κ2) is 9.13. The number of hydrogen-bond acceptors (Lipinski definition) is 3. The van der Waals surface area contributed by atoms with Crippen LogP contribution >= 0.6 is 12.4 Å². The van der Waals surface area contributed by atoms with E-state index in [1.165, 1.54) is 19.1 Å². The molecule has 0 heterocycles. The molecule has 5 nitrogen and oxygen atoms in total. The molecule has 1 saturated carbocycles. The van der Waals surface area contributed by atoms with Crippen molar-refractivity contribution in [1.29, 1.82) is 0 Å². The van der Waals surface area contributed by atoms with Crippen LogP contribution in [-0.2, 0) is 21.3 Å². The highest BCUT2D eigenvalue weighted by atomic mass is 35.5. The molecule has 28 heavy (non-hydrogen) atoms. The first-order valence-electron chi connectivity index (χ1n) is 9.01. The Hall–Kier alpha value is -1.80. The largest absolute Gasteiger partial charge is 0.416 e. The number of hydrogen-bond donors (Lipinski definition) is 3. The molecule has 1 aromatic rings. The van der Waals surface area contributed by atoms with E-state index in [2.05, 4.69) is 5.32 Å². The third kappa shape index (κ3) is 5.38. The van der Waals surface area contributed by atoms with Crippen LogP contribution in [0.5, 0.6) is 0 Å². The predicted molar refractivity (Wildman–Crippen MR) is 103 cm³/mol. The molecule has 5 N–H and O–H groups in total. The first-order valence-corrected chi connectivity index (χ1v) is 9.01. The molecule has 1 aliphatic carbocycles. The lowest BCUT2D eigenvalue weighted by molar-refractivity contribution is -0.138. The standard InChI is InChI=1S/C19H26F3N3O2.ClH/c1-17(16(24)27,13-6-5-7-14(10-13)19(20,21)22)25-15(26)11-18(12-23)8-3-2-4-9-18;/h5-7,10H,2-4,8-9,11-12,23H2,1H3,(H2,24,27)(H,25,26);1H. The highest BCUT2D eigenvalue weighted by molar-refractivity contribution is 5.91. The number of carbonyl (C=O) groups excluding carboxylic acids is 2. The topological polar surface area (TPSA) is 98.2 Å². The summed E-state index contributed by atoms with van der Waals surface area (Å²) in [4.78, 5) is 24.7. The van der Waals surface area contributed by atoms with E-state index in [0.29, 0.717) is 6.54 Å². The third-order valence-corrected chi connectivity index (χ3v) is 5.53. The van der Waals surface area contributed by atoms with Gasteiger partial charge in [-0.25, -0.2) is 0 Å². The van der Waals surface area contributed by atoms with E-state index in [0.717, 1.165) is 44.2 Å². The Morgan fingerprint density at radius 1 is 1.14 bits per heavy atom. The van der Waals surface area contributed by atoms with Crippen molar-refractivity contribution < 1.29 is 22.8 Å². The van der Waals surface area contributed by atoms with Crippen molar-refractivity contribution in [3.05, 3.63) is 35.4 Å². The number of amides is 2. The number of alkyl halides is 3. The smallest absolute Gasteiger partial charge is 0.367 e. The minimum absolute atomic E-state index is 0. The second-order valence-electron chi connectivity index (χ2n) is 7.56. The number of benzene rings is 1. The SMILES string of the molecule is CC(NC(=O)CC1(CN)CCCCC1)(C(N)=O)c1cccc(C(F)(F)F)c1.Cl. The lowest BCUT2D eigenvalue weighted by atomic mass is 9.71. The Balaban J connectivity index is 0.00000392. The molecule has 1 atom stereocenters. The van der Waals surface area contributed by atoms with Gasteiger partial charge >= 0.3 is 6.18 Å². The summed E-state index contributed by atoms with van der Waals surface area (Å²) in [5, 5.41) is 2.56. The molecule has 1 fully saturated rings. The summed E-state index contributed by atoms with van der Waals surface area (Å²) in [6.07, 6.45) is 0.222. The Morgan fingerprint density at radius 2 is 1.71 bits per heavy atom. The number of halogens is 4. The summed E-state index contributed by atoms with van der Waals surface area (Å²) in [7, 11) is 0. The Morgan fingerprint density at radius 3 is 2.21 bits per heavy atom. The number of carbonyl (C=O) groups is 2. The van der Waals surface area contributed by atoms with Gasteiger partial charge in [0.1, 0.15) is 5.54 Å². The van der Waals surface area contributed by atoms with Crippen LogP contribution in [0.1, 0.15) is 56.6 Å².